The molecule has 6 aromatic carbocycles. The van der Waals surface area contributed by atoms with Crippen LogP contribution in [0.4, 0.5) is 17.1 Å². The lowest BCUT2D eigenvalue weighted by Crippen LogP contribution is -2.70. The number of aromatic nitrogens is 2. The highest BCUT2D eigenvalue weighted by Crippen LogP contribution is 2.40. The van der Waals surface area contributed by atoms with Crippen molar-refractivity contribution in [3.8, 4) is 16.8 Å². The largest absolute Gasteiger partial charge is 0.313 e. The number of anilines is 3. The highest BCUT2D eigenvalue weighted by molar-refractivity contribution is 7.04. The van der Waals surface area contributed by atoms with Gasteiger partial charge in [0, 0.05) is 28.3 Å². The molecule has 0 saturated heterocycles. The SMILES string of the molecule is Bc1c(B)c(B)c(-c2cc3c4c(c2)-n2c5c(B)c(B)c(B)c(B)c5n5c6c(B)c(B)c(B)c(B)c6c(c25)B4c2c(B)c(B)c(B)c(B)c2N3c2c(B)c(B)c(B)c(B)c2B)c(B)c1B. The molecule has 0 amide bonds. The van der Waals surface area contributed by atoms with Crippen LogP contribution in [0.5, 0.6) is 0 Å². The highest BCUT2D eigenvalue weighted by atomic mass is 15.2. The zero-order chi connectivity index (χ0) is 46.5. The summed E-state index contributed by atoms with van der Waals surface area (Å²) >= 11 is 0. The maximum absolute atomic E-state index is 2.78. The molecule has 0 unspecified atom stereocenters. The van der Waals surface area contributed by atoms with Crippen LogP contribution in [0.1, 0.15) is 0 Å². The third kappa shape index (κ3) is 5.10. The number of nitrogens with zero attached hydrogens (tertiary/aromatic N) is 3. The van der Waals surface area contributed by atoms with Crippen LogP contribution >= 0.6 is 0 Å². The molecule has 8 aromatic rings. The predicted octanol–water partition coefficient (Wildman–Crippen LogP) is -31.0. The van der Waals surface area contributed by atoms with Crippen LogP contribution in [-0.4, -0.2) is 188 Å². The average Bonchev–Trinajstić information content (AvgIpc) is 3.81. The number of benzene rings is 6. The molecule has 2 aliphatic rings. The lowest BCUT2D eigenvalue weighted by atomic mass is 9.31. The van der Waals surface area contributed by atoms with Crippen molar-refractivity contribution in [3.63, 3.8) is 0 Å². The maximum atomic E-state index is 2.78. The van der Waals surface area contributed by atoms with Crippen LogP contribution in [-0.2, 0) is 0 Å². The van der Waals surface area contributed by atoms with Crippen molar-refractivity contribution in [2.24, 2.45) is 0 Å². The summed E-state index contributed by atoms with van der Waals surface area (Å²) in [6.45, 7) is 0.0209. The third-order valence-corrected chi connectivity index (χ3v) is 18.8. The van der Waals surface area contributed by atoms with Crippen LogP contribution in [0.25, 0.3) is 44.4 Å². The second kappa shape index (κ2) is 14.2. The smallest absolute Gasteiger partial charge is 0.254 e. The minimum atomic E-state index is 0.0209. The Morgan fingerprint density at radius 3 is 1.23 bits per heavy atom. The van der Waals surface area contributed by atoms with E-state index in [2.05, 4.69) is 199 Å². The van der Waals surface area contributed by atoms with Gasteiger partial charge in [0.05, 0.1) is 11.0 Å². The van der Waals surface area contributed by atoms with Gasteiger partial charge in [0.2, 0.25) is 0 Å². The summed E-state index contributed by atoms with van der Waals surface area (Å²) in [7, 11) is 52.0. The van der Waals surface area contributed by atoms with Crippen LogP contribution in [0.15, 0.2) is 12.1 Å². The molecule has 3 nitrogen and oxygen atoms in total. The standard InChI is InChI=1S/C38H46B23N3/c39-8-6(9(40)12(43)14(45)11(8)42)3-1-4-30-5(2-3)63-36-28(59)21(52)22(53)29(60)37(36)64-33-7(10(41)13(44)17(48)24(33)55)31(38(63)64)61(30)32-23(54)16(47)20(51)27(58)35(32)62(4)34-25(56)18(49)15(46)19(50)26(34)57/h1-2H,39-60H2. The van der Waals surface area contributed by atoms with E-state index in [-0.39, 0.29) is 6.71 Å². The van der Waals surface area contributed by atoms with Crippen molar-refractivity contribution in [1.82, 2.24) is 8.97 Å². The van der Waals surface area contributed by atoms with E-state index in [4.69, 9.17) is 0 Å². The Morgan fingerprint density at radius 2 is 0.703 bits per heavy atom. The molecule has 282 valence electrons. The van der Waals surface area contributed by atoms with E-state index in [0.29, 0.717) is 0 Å². The summed E-state index contributed by atoms with van der Waals surface area (Å²) in [5.41, 5.74) is 48.3. The van der Waals surface area contributed by atoms with Crippen molar-refractivity contribution in [3.05, 3.63) is 12.1 Å². The van der Waals surface area contributed by atoms with Crippen molar-refractivity contribution in [1.29, 1.82) is 0 Å². The first-order valence-corrected chi connectivity index (χ1v) is 23.8. The van der Waals surface area contributed by atoms with Crippen LogP contribution < -0.4 is 141 Å². The van der Waals surface area contributed by atoms with E-state index < -0.39 is 0 Å². The maximum Gasteiger partial charge on any atom is 0.254 e. The van der Waals surface area contributed by atoms with Gasteiger partial charge in [-0.15, -0.1) is 32.8 Å². The summed E-state index contributed by atoms with van der Waals surface area (Å²) in [5, 5.41) is 1.44. The summed E-state index contributed by atoms with van der Waals surface area (Å²) in [4.78, 5) is 2.78. The lowest BCUT2D eigenvalue weighted by Gasteiger charge is -2.45. The molecule has 0 N–H and O–H groups in total. The van der Waals surface area contributed by atoms with E-state index >= 15 is 0 Å². The van der Waals surface area contributed by atoms with E-state index in [0.717, 1.165) is 0 Å². The normalized spacial score (nSPS) is 12.8. The molecule has 4 heterocycles. The Morgan fingerprint density at radius 1 is 0.312 bits per heavy atom. The van der Waals surface area contributed by atoms with Crippen molar-refractivity contribution in [2.45, 2.75) is 0 Å². The Bertz CT molecular complexity index is 3550. The minimum Gasteiger partial charge on any atom is -0.313 e. The van der Waals surface area contributed by atoms with Gasteiger partial charge in [0.1, 0.15) is 178 Å². The quantitative estimate of drug-likeness (QED) is 0.159. The molecule has 0 radical (unpaired) electrons. The Kier molecular flexibility index (Phi) is 9.75. The van der Waals surface area contributed by atoms with Crippen molar-refractivity contribution < 1.29 is 0 Å². The number of hydrogen-bond acceptors (Lipinski definition) is 1. The summed E-state index contributed by atoms with van der Waals surface area (Å²) in [6, 6.07) is 5.24. The molecule has 0 atom stereocenters. The van der Waals surface area contributed by atoms with E-state index in [1.807, 2.05) is 0 Å². The molecule has 0 bridgehead atoms. The molecule has 0 fully saturated rings. The molecule has 64 heavy (non-hydrogen) atoms. The zero-order valence-corrected chi connectivity index (χ0v) is 43.1. The first-order chi connectivity index (χ1) is 30.0. The average molecular weight is 793 g/mol. The van der Waals surface area contributed by atoms with Gasteiger partial charge in [-0.1, -0.05) is 92.9 Å². The highest BCUT2D eigenvalue weighted by Gasteiger charge is 2.47. The zero-order valence-electron chi connectivity index (χ0n) is 43.1. The van der Waals surface area contributed by atoms with Gasteiger partial charge in [-0.2, -0.15) is 0 Å². The molecule has 0 spiro atoms. The second-order valence-electron chi connectivity index (χ2n) is 20.8. The Balaban J connectivity index is 1.58. The van der Waals surface area contributed by atoms with E-state index in [9.17, 15) is 0 Å². The molecule has 26 heteroatoms. The number of fused-ring (bicyclic) bond motifs is 10. The summed E-state index contributed by atoms with van der Waals surface area (Å²) < 4.78 is 5.50. The van der Waals surface area contributed by atoms with Crippen LogP contribution in [0.3, 0.4) is 0 Å². The molecule has 0 saturated carbocycles. The van der Waals surface area contributed by atoms with Gasteiger partial charge in [0.15, 0.2) is 0 Å². The summed E-state index contributed by atoms with van der Waals surface area (Å²) in [6.07, 6.45) is 0. The topological polar surface area (TPSA) is 12.6 Å². The van der Waals surface area contributed by atoms with E-state index in [1.165, 1.54) is 198 Å². The molecule has 2 aliphatic heterocycles. The van der Waals surface area contributed by atoms with Crippen LogP contribution in [0, 0.1) is 0 Å². The molecule has 2 aromatic heterocycles. The first-order valence-electron chi connectivity index (χ1n) is 23.8. The molecular weight excluding hydrogens is 747 g/mol. The molecule has 10 rings (SSSR count). The fraction of sp³-hybridized carbons (Fsp3) is 0. The fourth-order valence-electron chi connectivity index (χ4n) is 13.0. The van der Waals surface area contributed by atoms with Gasteiger partial charge < -0.3 is 4.90 Å². The monoisotopic (exact) mass is 798 g/mol. The van der Waals surface area contributed by atoms with Gasteiger partial charge in [-0.3, -0.25) is 8.97 Å². The van der Waals surface area contributed by atoms with Crippen molar-refractivity contribution in [2.75, 3.05) is 4.90 Å². The van der Waals surface area contributed by atoms with Gasteiger partial charge in [0.25, 0.3) is 6.71 Å². The fourth-order valence-corrected chi connectivity index (χ4v) is 13.0. The second-order valence-corrected chi connectivity index (χ2v) is 20.8. The Labute approximate surface area is 400 Å². The molecule has 0 aliphatic carbocycles. The molecular formula is C38H46B23N3. The van der Waals surface area contributed by atoms with E-state index in [1.54, 1.807) is 0 Å². The number of rotatable bonds is 2. The van der Waals surface area contributed by atoms with Gasteiger partial charge >= 0.3 is 0 Å². The van der Waals surface area contributed by atoms with Crippen molar-refractivity contribution >= 4 is 361 Å². The Hall–Kier alpha value is -4.05. The number of hydrogen-bond donors (Lipinski definition) is 0. The van der Waals surface area contributed by atoms with Gasteiger partial charge in [-0.05, 0) is 39.6 Å². The predicted molar refractivity (Wildman–Crippen MR) is 356 cm³/mol. The number of imidazole rings is 1. The summed E-state index contributed by atoms with van der Waals surface area (Å²) in [5.74, 6) is 0. The van der Waals surface area contributed by atoms with Crippen LogP contribution in [0.2, 0.25) is 0 Å². The first kappa shape index (κ1) is 43.8. The van der Waals surface area contributed by atoms with Gasteiger partial charge in [-0.25, -0.2) is 0 Å². The minimum absolute atomic E-state index is 0.0209. The lowest BCUT2D eigenvalue weighted by molar-refractivity contribution is 1.15. The third-order valence-electron chi connectivity index (χ3n) is 18.8.